The Balaban J connectivity index is 1.66. The van der Waals surface area contributed by atoms with Crippen LogP contribution in [0.25, 0.3) is 0 Å². The van der Waals surface area contributed by atoms with Gasteiger partial charge >= 0.3 is 0 Å². The molecule has 0 spiro atoms. The van der Waals surface area contributed by atoms with Crippen LogP contribution in [0.4, 0.5) is 0 Å². The summed E-state index contributed by atoms with van der Waals surface area (Å²) in [5.41, 5.74) is 0. The third-order valence-electron chi connectivity index (χ3n) is 4.62. The van der Waals surface area contributed by atoms with E-state index in [1.165, 1.54) is 32.1 Å². The van der Waals surface area contributed by atoms with Crippen molar-refractivity contribution in [2.45, 2.75) is 65.7 Å². The molecule has 136 valence electrons. The molecule has 6 nitrogen and oxygen atoms in total. The third-order valence-corrected chi connectivity index (χ3v) is 4.62. The van der Waals surface area contributed by atoms with Crippen LogP contribution in [0.2, 0.25) is 0 Å². The van der Waals surface area contributed by atoms with Crippen LogP contribution in [0.1, 0.15) is 64.1 Å². The van der Waals surface area contributed by atoms with Crippen molar-refractivity contribution < 1.29 is 4.52 Å². The second-order valence-electron chi connectivity index (χ2n) is 6.95. The Morgan fingerprint density at radius 3 is 2.92 bits per heavy atom. The highest BCUT2D eigenvalue weighted by Crippen LogP contribution is 2.30. The smallest absolute Gasteiger partial charge is 0.226 e. The number of aromatic nitrogens is 2. The molecule has 0 aliphatic heterocycles. The van der Waals surface area contributed by atoms with E-state index in [9.17, 15) is 0 Å². The Labute approximate surface area is 145 Å². The van der Waals surface area contributed by atoms with Crippen molar-refractivity contribution in [3.05, 3.63) is 11.7 Å². The molecule has 1 aromatic heterocycles. The summed E-state index contributed by atoms with van der Waals surface area (Å²) in [6.45, 7) is 8.97. The van der Waals surface area contributed by atoms with Crippen LogP contribution < -0.4 is 10.6 Å². The fourth-order valence-electron chi connectivity index (χ4n) is 3.42. The van der Waals surface area contributed by atoms with Crippen molar-refractivity contribution in [2.24, 2.45) is 16.8 Å². The molecule has 1 saturated carbocycles. The van der Waals surface area contributed by atoms with E-state index in [0.717, 1.165) is 50.3 Å². The lowest BCUT2D eigenvalue weighted by Crippen LogP contribution is -2.38. The van der Waals surface area contributed by atoms with Crippen LogP contribution in [-0.2, 0) is 6.42 Å². The molecule has 1 aliphatic rings. The van der Waals surface area contributed by atoms with Crippen molar-refractivity contribution in [1.82, 2.24) is 20.8 Å². The van der Waals surface area contributed by atoms with E-state index < -0.39 is 0 Å². The largest absolute Gasteiger partial charge is 0.357 e. The van der Waals surface area contributed by atoms with Gasteiger partial charge in [-0.1, -0.05) is 31.3 Å². The van der Waals surface area contributed by atoms with Gasteiger partial charge in [-0.15, -0.1) is 0 Å². The molecule has 2 rings (SSSR count). The molecular weight excluding hydrogens is 302 g/mol. The van der Waals surface area contributed by atoms with Gasteiger partial charge < -0.3 is 15.2 Å². The molecule has 1 aromatic rings. The Morgan fingerprint density at radius 1 is 1.33 bits per heavy atom. The number of aliphatic imine (C=N–C) groups is 1. The number of aryl methyl sites for hydroxylation is 2. The summed E-state index contributed by atoms with van der Waals surface area (Å²) >= 11 is 0. The van der Waals surface area contributed by atoms with Crippen LogP contribution in [0, 0.1) is 18.8 Å². The lowest BCUT2D eigenvalue weighted by molar-refractivity contribution is 0.270. The van der Waals surface area contributed by atoms with Gasteiger partial charge in [-0.25, -0.2) is 0 Å². The van der Waals surface area contributed by atoms with E-state index in [4.69, 9.17) is 4.52 Å². The standard InChI is InChI=1S/C18H33N5O/c1-4-19-18(20-11-6-9-17-22-15(3)23-24-17)21-12-10-16-8-5-7-14(2)13-16/h14,16H,4-13H2,1-3H3,(H2,19,20,21). The summed E-state index contributed by atoms with van der Waals surface area (Å²) in [5, 5.41) is 10.6. The number of rotatable bonds is 8. The molecule has 6 heteroatoms. The maximum atomic E-state index is 5.12. The number of hydrogen-bond acceptors (Lipinski definition) is 4. The van der Waals surface area contributed by atoms with E-state index in [-0.39, 0.29) is 0 Å². The van der Waals surface area contributed by atoms with Crippen molar-refractivity contribution in [3.8, 4) is 0 Å². The van der Waals surface area contributed by atoms with Gasteiger partial charge in [0.05, 0.1) is 0 Å². The predicted octanol–water partition coefficient (Wildman–Crippen LogP) is 3.08. The molecule has 1 aliphatic carbocycles. The molecule has 1 heterocycles. The Morgan fingerprint density at radius 2 is 2.21 bits per heavy atom. The van der Waals surface area contributed by atoms with E-state index >= 15 is 0 Å². The monoisotopic (exact) mass is 335 g/mol. The van der Waals surface area contributed by atoms with Gasteiger partial charge in [0.1, 0.15) is 0 Å². The Hall–Kier alpha value is -1.59. The average Bonchev–Trinajstić information content (AvgIpc) is 2.97. The molecule has 24 heavy (non-hydrogen) atoms. The average molecular weight is 335 g/mol. The molecule has 1 fully saturated rings. The highest BCUT2D eigenvalue weighted by molar-refractivity contribution is 5.79. The second-order valence-corrected chi connectivity index (χ2v) is 6.95. The minimum atomic E-state index is 0.695. The number of nitrogens with one attached hydrogen (secondary N) is 2. The molecule has 2 N–H and O–H groups in total. The predicted molar refractivity (Wildman–Crippen MR) is 97.1 cm³/mol. The topological polar surface area (TPSA) is 75.3 Å². The van der Waals surface area contributed by atoms with Gasteiger partial charge in [0, 0.05) is 26.1 Å². The summed E-state index contributed by atoms with van der Waals surface area (Å²) in [4.78, 5) is 8.85. The lowest BCUT2D eigenvalue weighted by Gasteiger charge is -2.26. The minimum Gasteiger partial charge on any atom is -0.357 e. The highest BCUT2D eigenvalue weighted by Gasteiger charge is 2.18. The van der Waals surface area contributed by atoms with Crippen molar-refractivity contribution in [2.75, 3.05) is 19.6 Å². The minimum absolute atomic E-state index is 0.695. The fraction of sp³-hybridized carbons (Fsp3) is 0.833. The van der Waals surface area contributed by atoms with E-state index in [2.05, 4.69) is 39.6 Å². The molecular formula is C18H33N5O. The zero-order valence-corrected chi connectivity index (χ0v) is 15.5. The first-order valence-electron chi connectivity index (χ1n) is 9.48. The van der Waals surface area contributed by atoms with Crippen LogP contribution in [0.5, 0.6) is 0 Å². The zero-order valence-electron chi connectivity index (χ0n) is 15.5. The quantitative estimate of drug-likeness (QED) is 0.434. The summed E-state index contributed by atoms with van der Waals surface area (Å²) in [5.74, 6) is 4.10. The maximum absolute atomic E-state index is 5.12. The van der Waals surface area contributed by atoms with Crippen molar-refractivity contribution in [3.63, 3.8) is 0 Å². The van der Waals surface area contributed by atoms with Gasteiger partial charge in [-0.05, 0) is 44.9 Å². The first-order valence-corrected chi connectivity index (χ1v) is 9.48. The van der Waals surface area contributed by atoms with Gasteiger partial charge in [-0.2, -0.15) is 4.98 Å². The summed E-state index contributed by atoms with van der Waals surface area (Å²) in [6.07, 6.45) is 8.53. The fourth-order valence-corrected chi connectivity index (χ4v) is 3.42. The first-order chi connectivity index (χ1) is 11.7. The van der Waals surface area contributed by atoms with Crippen LogP contribution in [-0.4, -0.2) is 35.7 Å². The molecule has 0 radical (unpaired) electrons. The van der Waals surface area contributed by atoms with Crippen LogP contribution >= 0.6 is 0 Å². The maximum Gasteiger partial charge on any atom is 0.226 e. The lowest BCUT2D eigenvalue weighted by atomic mass is 9.81. The Bertz CT molecular complexity index is 499. The third kappa shape index (κ3) is 6.89. The number of hydrogen-bond donors (Lipinski definition) is 2. The first kappa shape index (κ1) is 18.7. The van der Waals surface area contributed by atoms with Gasteiger partial charge in [0.2, 0.25) is 5.89 Å². The molecule has 2 atom stereocenters. The summed E-state index contributed by atoms with van der Waals surface area (Å²) in [7, 11) is 0. The Kier molecular flexibility index (Phi) is 8.05. The van der Waals surface area contributed by atoms with Crippen LogP contribution in [0.3, 0.4) is 0 Å². The second kappa shape index (κ2) is 10.3. The van der Waals surface area contributed by atoms with E-state index in [1.807, 2.05) is 6.92 Å². The number of nitrogens with zero attached hydrogens (tertiary/aromatic N) is 3. The summed E-state index contributed by atoms with van der Waals surface area (Å²) in [6, 6.07) is 0. The van der Waals surface area contributed by atoms with Crippen LogP contribution in [0.15, 0.2) is 9.52 Å². The van der Waals surface area contributed by atoms with Gasteiger partial charge in [0.25, 0.3) is 0 Å². The SMILES string of the molecule is CCNC(=NCCCc1nc(C)no1)NCCC1CCCC(C)C1. The van der Waals surface area contributed by atoms with E-state index in [0.29, 0.717) is 11.7 Å². The van der Waals surface area contributed by atoms with Crippen molar-refractivity contribution in [1.29, 1.82) is 0 Å². The van der Waals surface area contributed by atoms with Gasteiger partial charge in [0.15, 0.2) is 11.8 Å². The molecule has 2 unspecified atom stereocenters. The zero-order chi connectivity index (χ0) is 17.2. The molecule has 0 bridgehead atoms. The highest BCUT2D eigenvalue weighted by atomic mass is 16.5. The van der Waals surface area contributed by atoms with Crippen molar-refractivity contribution >= 4 is 5.96 Å². The molecule has 0 saturated heterocycles. The normalized spacial score (nSPS) is 21.7. The van der Waals surface area contributed by atoms with Gasteiger partial charge in [-0.3, -0.25) is 4.99 Å². The number of guanidine groups is 1. The molecule has 0 aromatic carbocycles. The summed E-state index contributed by atoms with van der Waals surface area (Å²) < 4.78 is 5.12. The molecule has 0 amide bonds. The van der Waals surface area contributed by atoms with E-state index in [1.54, 1.807) is 0 Å².